The molecule has 9 aromatic rings. The van der Waals surface area contributed by atoms with E-state index in [9.17, 15) is 5.11 Å². The zero-order valence-electron chi connectivity index (χ0n) is 31.0. The molecule has 0 amide bonds. The van der Waals surface area contributed by atoms with Gasteiger partial charge in [0, 0.05) is 55.5 Å². The van der Waals surface area contributed by atoms with Crippen LogP contribution in [0.3, 0.4) is 0 Å². The Morgan fingerprint density at radius 1 is 0.648 bits per heavy atom. The second-order valence-electron chi connectivity index (χ2n) is 15.9. The van der Waals surface area contributed by atoms with Gasteiger partial charge in [-0.25, -0.2) is 0 Å². The molecule has 9 rings (SSSR count). The number of phenols is 1. The summed E-state index contributed by atoms with van der Waals surface area (Å²) in [7, 11) is 0. The number of para-hydroxylation sites is 2. The van der Waals surface area contributed by atoms with E-state index in [1.165, 1.54) is 11.1 Å². The predicted molar refractivity (Wildman–Crippen MR) is 216 cm³/mol. The van der Waals surface area contributed by atoms with Crippen LogP contribution in [0.15, 0.2) is 126 Å². The average molecular weight is 887 g/mol. The second-order valence-corrected chi connectivity index (χ2v) is 15.9. The molecule has 6 nitrogen and oxygen atoms in total. The van der Waals surface area contributed by atoms with Gasteiger partial charge in [0.25, 0.3) is 0 Å². The van der Waals surface area contributed by atoms with Crippen LogP contribution in [-0.4, -0.2) is 24.6 Å². The van der Waals surface area contributed by atoms with Crippen molar-refractivity contribution in [2.24, 2.45) is 0 Å². The Balaban J connectivity index is 0.00000413. The zero-order chi connectivity index (χ0) is 36.6. The van der Waals surface area contributed by atoms with E-state index in [2.05, 4.69) is 118 Å². The van der Waals surface area contributed by atoms with Crippen molar-refractivity contribution in [1.29, 1.82) is 0 Å². The van der Waals surface area contributed by atoms with Crippen molar-refractivity contribution in [3.05, 3.63) is 139 Å². The molecule has 0 bridgehead atoms. The van der Waals surface area contributed by atoms with Crippen LogP contribution in [0.1, 0.15) is 52.7 Å². The van der Waals surface area contributed by atoms with Gasteiger partial charge in [-0.15, -0.1) is 29.8 Å². The molecule has 0 saturated carbocycles. The molecule has 3 heterocycles. The first-order valence-electron chi connectivity index (χ1n) is 18.0. The van der Waals surface area contributed by atoms with E-state index < -0.39 is 0 Å². The van der Waals surface area contributed by atoms with E-state index in [4.69, 9.17) is 14.4 Å². The van der Waals surface area contributed by atoms with Crippen LogP contribution in [-0.2, 0) is 31.9 Å². The van der Waals surface area contributed by atoms with E-state index in [0.717, 1.165) is 72.2 Å². The van der Waals surface area contributed by atoms with Gasteiger partial charge in [0.15, 0.2) is 0 Å². The molecule has 6 aromatic carbocycles. The molecule has 0 aliphatic heterocycles. The summed E-state index contributed by atoms with van der Waals surface area (Å²) < 4.78 is 8.64. The molecule has 3 aromatic heterocycles. The minimum absolute atomic E-state index is 0. The third-order valence-electron chi connectivity index (χ3n) is 10.2. The molecule has 54 heavy (non-hydrogen) atoms. The van der Waals surface area contributed by atoms with E-state index in [1.54, 1.807) is 18.5 Å². The minimum atomic E-state index is -0.0874. The van der Waals surface area contributed by atoms with Crippen LogP contribution in [0.4, 0.5) is 0 Å². The second kappa shape index (κ2) is 13.1. The quantitative estimate of drug-likeness (QED) is 0.178. The maximum absolute atomic E-state index is 11.5. The van der Waals surface area contributed by atoms with Crippen LogP contribution < -0.4 is 0 Å². The predicted octanol–water partition coefficient (Wildman–Crippen LogP) is 12.0. The number of aromatic hydroxyl groups is 1. The summed E-state index contributed by atoms with van der Waals surface area (Å²) >= 11 is 0. The summed E-state index contributed by atoms with van der Waals surface area (Å²) in [5, 5.41) is 13.4. The fourth-order valence-corrected chi connectivity index (χ4v) is 7.36. The van der Waals surface area contributed by atoms with E-state index in [1.807, 2.05) is 42.5 Å². The number of benzene rings is 6. The third-order valence-corrected chi connectivity index (χ3v) is 10.2. The number of phenolic OH excluding ortho intramolecular Hbond substituents is 1. The molecule has 1 N–H and O–H groups in total. The Kier molecular flexibility index (Phi) is 8.58. The Hall–Kier alpha value is -5.58. The molecule has 0 spiro atoms. The monoisotopic (exact) mass is 886 g/mol. The van der Waals surface area contributed by atoms with Crippen LogP contribution in [0, 0.1) is 6.07 Å². The summed E-state index contributed by atoms with van der Waals surface area (Å²) in [6.45, 7) is 13.3. The number of imidazole rings is 1. The molecular formula is C47H39N4O2Pt-. The molecule has 7 heteroatoms. The standard InChI is InChI=1S/C47H39N4O2.Pt/c1-46(2,3)30-17-19-32(20-18-30)51-38-15-10-14-35(41-39(52)22-21-34-33-13-7-8-16-40(33)53-44(34)41)43(38)50-45(51)29-12-9-11-28(25-29)36-26-31(47(4,5)6)27-37-42(36)49-24-23-48-37;/h7-24,26-27,52H,1-6H3;/q-1;. The SMILES string of the molecule is CC(C)(C)c1ccc(-n2c(-c3[c-]c(-c4cc(C(C)(C)C)cc5nccnc45)ccc3)nc3c(-c4c(O)ccc5c4oc4ccccc45)cccc32)cc1.[Pt]. The fourth-order valence-electron chi connectivity index (χ4n) is 7.36. The van der Waals surface area contributed by atoms with Crippen LogP contribution >= 0.6 is 0 Å². The van der Waals surface area contributed by atoms with Gasteiger partial charge in [-0.3, -0.25) is 15.0 Å². The first kappa shape index (κ1) is 35.4. The normalized spacial score (nSPS) is 12.2. The Morgan fingerprint density at radius 2 is 1.37 bits per heavy atom. The van der Waals surface area contributed by atoms with Gasteiger partial charge in [0.05, 0.1) is 33.5 Å². The average Bonchev–Trinajstić information content (AvgIpc) is 3.73. The number of furan rings is 1. The van der Waals surface area contributed by atoms with Gasteiger partial charge >= 0.3 is 0 Å². The van der Waals surface area contributed by atoms with Crippen molar-refractivity contribution in [3.8, 4) is 45.1 Å². The number of fused-ring (bicyclic) bond motifs is 5. The molecule has 0 saturated heterocycles. The number of aromatic nitrogens is 4. The third kappa shape index (κ3) is 5.90. The van der Waals surface area contributed by atoms with Gasteiger partial charge in [-0.05, 0) is 64.4 Å². The molecule has 0 atom stereocenters. The topological polar surface area (TPSA) is 77.0 Å². The number of rotatable bonds is 4. The molecule has 270 valence electrons. The molecule has 0 unspecified atom stereocenters. The zero-order valence-corrected chi connectivity index (χ0v) is 33.3. The maximum atomic E-state index is 11.5. The first-order valence-corrected chi connectivity index (χ1v) is 18.0. The van der Waals surface area contributed by atoms with Gasteiger partial charge < -0.3 is 14.1 Å². The molecule has 0 aliphatic rings. The van der Waals surface area contributed by atoms with Crippen LogP contribution in [0.2, 0.25) is 0 Å². The summed E-state index contributed by atoms with van der Waals surface area (Å²) in [6, 6.07) is 40.8. The van der Waals surface area contributed by atoms with Gasteiger partial charge in [-0.1, -0.05) is 101 Å². The Morgan fingerprint density at radius 3 is 2.15 bits per heavy atom. The van der Waals surface area contributed by atoms with E-state index in [0.29, 0.717) is 11.1 Å². The summed E-state index contributed by atoms with van der Waals surface area (Å²) in [6.07, 6.45) is 3.49. The van der Waals surface area contributed by atoms with Crippen LogP contribution in [0.5, 0.6) is 5.75 Å². The van der Waals surface area contributed by atoms with Gasteiger partial charge in [0.1, 0.15) is 16.9 Å². The minimum Gasteiger partial charge on any atom is -0.507 e. The van der Waals surface area contributed by atoms with Gasteiger partial charge in [-0.2, -0.15) is 0 Å². The summed E-state index contributed by atoms with van der Waals surface area (Å²) in [4.78, 5) is 14.9. The van der Waals surface area contributed by atoms with Crippen molar-refractivity contribution in [2.45, 2.75) is 52.4 Å². The summed E-state index contributed by atoms with van der Waals surface area (Å²) in [5.41, 5.74) is 12.1. The maximum Gasteiger partial charge on any atom is 0.147 e. The fraction of sp³-hybridized carbons (Fsp3) is 0.170. The van der Waals surface area contributed by atoms with Crippen molar-refractivity contribution in [2.75, 3.05) is 0 Å². The number of hydrogen-bond acceptors (Lipinski definition) is 5. The molecular weight excluding hydrogens is 848 g/mol. The summed E-state index contributed by atoms with van der Waals surface area (Å²) in [5.74, 6) is 0.867. The molecule has 0 fully saturated rings. The van der Waals surface area contributed by atoms with E-state index in [-0.39, 0.29) is 37.6 Å². The van der Waals surface area contributed by atoms with Crippen molar-refractivity contribution >= 4 is 44.0 Å². The number of hydrogen-bond donors (Lipinski definition) is 1. The first-order chi connectivity index (χ1) is 25.5. The van der Waals surface area contributed by atoms with Crippen molar-refractivity contribution in [1.82, 2.24) is 19.5 Å². The molecule has 0 aliphatic carbocycles. The van der Waals surface area contributed by atoms with Crippen molar-refractivity contribution in [3.63, 3.8) is 0 Å². The Bertz CT molecular complexity index is 2870. The molecule has 0 radical (unpaired) electrons. The smallest absolute Gasteiger partial charge is 0.147 e. The van der Waals surface area contributed by atoms with Crippen molar-refractivity contribution < 1.29 is 30.6 Å². The Labute approximate surface area is 328 Å². The van der Waals surface area contributed by atoms with Gasteiger partial charge in [0.2, 0.25) is 0 Å². The van der Waals surface area contributed by atoms with Crippen LogP contribution in [0.25, 0.3) is 83.3 Å². The van der Waals surface area contributed by atoms with E-state index >= 15 is 0 Å². The number of nitrogens with zero attached hydrogens (tertiary/aromatic N) is 4. The largest absolute Gasteiger partial charge is 0.507 e.